The molecule has 120 valence electrons. The second-order valence-corrected chi connectivity index (χ2v) is 5.83. The molecule has 0 atom stereocenters. The quantitative estimate of drug-likeness (QED) is 0.851. The minimum Gasteiger partial charge on any atom is -0.376 e. The maximum atomic E-state index is 12.3. The molecule has 5 heteroatoms. The van der Waals surface area contributed by atoms with E-state index in [-0.39, 0.29) is 5.91 Å². The van der Waals surface area contributed by atoms with E-state index >= 15 is 0 Å². The number of ether oxygens (including phenoxy) is 1. The van der Waals surface area contributed by atoms with Gasteiger partial charge in [-0.25, -0.2) is 4.98 Å². The van der Waals surface area contributed by atoms with Gasteiger partial charge >= 0.3 is 0 Å². The average Bonchev–Trinajstić information content (AvgIpc) is 2.63. The van der Waals surface area contributed by atoms with Crippen LogP contribution in [-0.4, -0.2) is 40.5 Å². The van der Waals surface area contributed by atoms with Crippen molar-refractivity contribution >= 4 is 5.91 Å². The van der Waals surface area contributed by atoms with Crippen LogP contribution < -0.4 is 0 Å². The first-order valence-electron chi connectivity index (χ1n) is 8.00. The van der Waals surface area contributed by atoms with Gasteiger partial charge in [0, 0.05) is 32.1 Å². The van der Waals surface area contributed by atoms with Gasteiger partial charge in [0.05, 0.1) is 12.8 Å². The van der Waals surface area contributed by atoms with Crippen LogP contribution >= 0.6 is 0 Å². The third-order valence-corrected chi connectivity index (χ3v) is 4.15. The highest BCUT2D eigenvalue weighted by Gasteiger charge is 2.24. The van der Waals surface area contributed by atoms with Crippen molar-refractivity contribution in [3.63, 3.8) is 0 Å². The summed E-state index contributed by atoms with van der Waals surface area (Å²) in [5.41, 5.74) is 1.62. The van der Waals surface area contributed by atoms with Crippen LogP contribution in [0.2, 0.25) is 0 Å². The molecule has 3 rings (SSSR count). The first kappa shape index (κ1) is 15.6. The van der Waals surface area contributed by atoms with Crippen LogP contribution in [0.4, 0.5) is 0 Å². The Bertz CT molecular complexity index is 611. The normalized spacial score (nSPS) is 15.6. The van der Waals surface area contributed by atoms with Gasteiger partial charge in [-0.1, -0.05) is 30.3 Å². The molecule has 23 heavy (non-hydrogen) atoms. The number of amides is 1. The number of hydrogen-bond acceptors (Lipinski definition) is 4. The number of nitrogens with zero attached hydrogens (tertiary/aromatic N) is 3. The smallest absolute Gasteiger partial charge is 0.274 e. The molecule has 0 unspecified atom stereocenters. The zero-order valence-corrected chi connectivity index (χ0v) is 13.1. The Balaban J connectivity index is 1.41. The monoisotopic (exact) mass is 311 g/mol. The third-order valence-electron chi connectivity index (χ3n) is 4.15. The highest BCUT2D eigenvalue weighted by Crippen LogP contribution is 2.19. The van der Waals surface area contributed by atoms with E-state index < -0.39 is 0 Å². The van der Waals surface area contributed by atoms with Crippen molar-refractivity contribution in [3.8, 4) is 0 Å². The van der Waals surface area contributed by atoms with Crippen LogP contribution in [-0.2, 0) is 11.3 Å². The van der Waals surface area contributed by atoms with E-state index in [4.69, 9.17) is 4.74 Å². The predicted molar refractivity (Wildman–Crippen MR) is 86.8 cm³/mol. The van der Waals surface area contributed by atoms with Crippen molar-refractivity contribution in [2.75, 3.05) is 19.7 Å². The Morgan fingerprint density at radius 3 is 2.65 bits per heavy atom. The molecule has 0 spiro atoms. The number of rotatable bonds is 5. The first-order valence-corrected chi connectivity index (χ1v) is 8.00. The summed E-state index contributed by atoms with van der Waals surface area (Å²) in [6, 6.07) is 10.2. The van der Waals surface area contributed by atoms with E-state index in [9.17, 15) is 4.79 Å². The summed E-state index contributed by atoms with van der Waals surface area (Å²) in [7, 11) is 0. The highest BCUT2D eigenvalue weighted by atomic mass is 16.5. The van der Waals surface area contributed by atoms with Crippen LogP contribution in [0.25, 0.3) is 0 Å². The molecular weight excluding hydrogens is 290 g/mol. The zero-order chi connectivity index (χ0) is 15.9. The van der Waals surface area contributed by atoms with Crippen molar-refractivity contribution in [1.82, 2.24) is 14.9 Å². The molecule has 1 saturated heterocycles. The average molecular weight is 311 g/mol. The minimum atomic E-state index is -0.0262. The minimum absolute atomic E-state index is 0.0262. The molecule has 1 aromatic carbocycles. The molecule has 1 amide bonds. The molecule has 2 heterocycles. The van der Waals surface area contributed by atoms with E-state index in [1.54, 1.807) is 12.4 Å². The van der Waals surface area contributed by atoms with Gasteiger partial charge in [-0.05, 0) is 24.3 Å². The largest absolute Gasteiger partial charge is 0.376 e. The molecular formula is C18H21N3O2. The number of likely N-dealkylation sites (tertiary alicyclic amines) is 1. The number of piperidine rings is 1. The standard InChI is InChI=1S/C18H21N3O2/c22-18(17-12-19-8-9-20-17)21-10-6-16(7-11-21)14-23-13-15-4-2-1-3-5-15/h1-5,8-9,12,16H,6-7,10-11,13-14H2. The second-order valence-electron chi connectivity index (χ2n) is 5.83. The second kappa shape index (κ2) is 7.83. The molecule has 0 N–H and O–H groups in total. The van der Waals surface area contributed by atoms with Crippen molar-refractivity contribution in [1.29, 1.82) is 0 Å². The van der Waals surface area contributed by atoms with Gasteiger partial charge in [0.15, 0.2) is 0 Å². The van der Waals surface area contributed by atoms with Crippen LogP contribution in [0.15, 0.2) is 48.9 Å². The summed E-state index contributed by atoms with van der Waals surface area (Å²) in [6.45, 7) is 2.92. The SMILES string of the molecule is O=C(c1cnccn1)N1CCC(COCc2ccccc2)CC1. The Labute approximate surface area is 136 Å². The van der Waals surface area contributed by atoms with E-state index in [2.05, 4.69) is 22.1 Å². The van der Waals surface area contributed by atoms with Crippen molar-refractivity contribution in [2.45, 2.75) is 19.4 Å². The van der Waals surface area contributed by atoms with E-state index in [0.717, 1.165) is 32.5 Å². The van der Waals surface area contributed by atoms with Crippen LogP contribution in [0.3, 0.4) is 0 Å². The fourth-order valence-corrected chi connectivity index (χ4v) is 2.79. The van der Waals surface area contributed by atoms with Gasteiger partial charge in [0.2, 0.25) is 0 Å². The van der Waals surface area contributed by atoms with Crippen LogP contribution in [0, 0.1) is 5.92 Å². The number of aromatic nitrogens is 2. The summed E-state index contributed by atoms with van der Waals surface area (Å²) in [6.07, 6.45) is 6.60. The van der Waals surface area contributed by atoms with Crippen LogP contribution in [0.5, 0.6) is 0 Å². The maximum Gasteiger partial charge on any atom is 0.274 e. The maximum absolute atomic E-state index is 12.3. The summed E-state index contributed by atoms with van der Waals surface area (Å²) >= 11 is 0. The van der Waals surface area contributed by atoms with Crippen molar-refractivity contribution in [2.24, 2.45) is 5.92 Å². The lowest BCUT2D eigenvalue weighted by Gasteiger charge is -2.31. The summed E-state index contributed by atoms with van der Waals surface area (Å²) in [5, 5.41) is 0. The molecule has 1 fully saturated rings. The summed E-state index contributed by atoms with van der Waals surface area (Å²) < 4.78 is 5.81. The highest BCUT2D eigenvalue weighted by molar-refractivity contribution is 5.91. The lowest BCUT2D eigenvalue weighted by Crippen LogP contribution is -2.39. The number of carbonyl (C=O) groups is 1. The van der Waals surface area contributed by atoms with Crippen molar-refractivity contribution in [3.05, 3.63) is 60.2 Å². The predicted octanol–water partition coefficient (Wildman–Crippen LogP) is 2.55. The molecule has 0 bridgehead atoms. The Morgan fingerprint density at radius 1 is 1.17 bits per heavy atom. The molecule has 5 nitrogen and oxygen atoms in total. The van der Waals surface area contributed by atoms with Gasteiger partial charge < -0.3 is 9.64 Å². The lowest BCUT2D eigenvalue weighted by atomic mass is 9.97. The fraction of sp³-hybridized carbons (Fsp3) is 0.389. The molecule has 0 radical (unpaired) electrons. The fourth-order valence-electron chi connectivity index (χ4n) is 2.79. The third kappa shape index (κ3) is 4.36. The molecule has 1 aliphatic heterocycles. The van der Waals surface area contributed by atoms with Gasteiger partial charge in [0.25, 0.3) is 5.91 Å². The van der Waals surface area contributed by atoms with Gasteiger partial charge in [-0.3, -0.25) is 9.78 Å². The zero-order valence-electron chi connectivity index (χ0n) is 13.1. The number of hydrogen-bond donors (Lipinski definition) is 0. The van der Waals surface area contributed by atoms with E-state index in [1.165, 1.54) is 11.8 Å². The van der Waals surface area contributed by atoms with Gasteiger partial charge in [0.1, 0.15) is 5.69 Å². The summed E-state index contributed by atoms with van der Waals surface area (Å²) in [4.78, 5) is 22.2. The van der Waals surface area contributed by atoms with Gasteiger partial charge in [-0.2, -0.15) is 0 Å². The van der Waals surface area contributed by atoms with Crippen LogP contribution in [0.1, 0.15) is 28.9 Å². The number of carbonyl (C=O) groups excluding carboxylic acids is 1. The van der Waals surface area contributed by atoms with E-state index in [0.29, 0.717) is 18.2 Å². The first-order chi connectivity index (χ1) is 11.3. The number of benzene rings is 1. The molecule has 1 aliphatic rings. The lowest BCUT2D eigenvalue weighted by molar-refractivity contribution is 0.0475. The molecule has 2 aromatic rings. The molecule has 0 saturated carbocycles. The van der Waals surface area contributed by atoms with E-state index in [1.807, 2.05) is 23.1 Å². The Morgan fingerprint density at radius 2 is 1.96 bits per heavy atom. The Kier molecular flexibility index (Phi) is 5.32. The topological polar surface area (TPSA) is 55.3 Å². The molecule has 1 aromatic heterocycles. The van der Waals surface area contributed by atoms with Gasteiger partial charge in [-0.15, -0.1) is 0 Å². The Hall–Kier alpha value is -2.27. The molecule has 0 aliphatic carbocycles. The van der Waals surface area contributed by atoms with Crippen molar-refractivity contribution < 1.29 is 9.53 Å². The summed E-state index contributed by atoms with van der Waals surface area (Å²) in [5.74, 6) is 0.492.